The number of aromatic nitrogens is 2. The average molecular weight is 525 g/mol. The first-order valence-electron chi connectivity index (χ1n) is 12.7. The molecule has 2 aromatic carbocycles. The van der Waals surface area contributed by atoms with Crippen LogP contribution >= 0.6 is 0 Å². The Hall–Kier alpha value is -3.34. The van der Waals surface area contributed by atoms with Crippen LogP contribution in [0.2, 0.25) is 0 Å². The first-order valence-corrected chi connectivity index (χ1v) is 12.7. The molecule has 38 heavy (non-hydrogen) atoms. The maximum Gasteiger partial charge on any atom is 0.416 e. The Labute approximate surface area is 220 Å². The molecule has 0 spiro atoms. The lowest BCUT2D eigenvalue weighted by molar-refractivity contribution is -0.137. The van der Waals surface area contributed by atoms with Crippen LogP contribution in [-0.2, 0) is 12.7 Å². The van der Waals surface area contributed by atoms with E-state index in [1.807, 2.05) is 19.2 Å². The molecule has 1 aromatic heterocycles. The Bertz CT molecular complexity index is 1290. The number of amides is 1. The Morgan fingerprint density at radius 3 is 2.50 bits per heavy atom. The minimum Gasteiger partial charge on any atom is -0.322 e. The second kappa shape index (κ2) is 10.8. The molecule has 3 heterocycles. The lowest BCUT2D eigenvalue weighted by atomic mass is 9.84. The number of nitrogens with one attached hydrogen (secondary N) is 2. The van der Waals surface area contributed by atoms with Crippen LogP contribution in [0, 0.1) is 0 Å². The topological polar surface area (TPSA) is 73.4 Å². The summed E-state index contributed by atoms with van der Waals surface area (Å²) < 4.78 is 41.2. The Morgan fingerprint density at radius 2 is 1.79 bits per heavy atom. The van der Waals surface area contributed by atoms with Crippen molar-refractivity contribution in [2.45, 2.75) is 31.6 Å². The number of nitrogens with zero attached hydrogens (tertiary/aromatic N) is 4. The third kappa shape index (κ3) is 5.87. The van der Waals surface area contributed by atoms with Gasteiger partial charge in [0.1, 0.15) is 6.33 Å². The molecule has 5 rings (SSSR count). The molecule has 1 unspecified atom stereocenters. The molecule has 2 aliphatic rings. The highest BCUT2D eigenvalue weighted by Gasteiger charge is 2.32. The molecule has 7 nitrogen and oxygen atoms in total. The lowest BCUT2D eigenvalue weighted by Gasteiger charge is -2.32. The molecule has 2 aliphatic heterocycles. The number of fused-ring (bicyclic) bond motifs is 1. The van der Waals surface area contributed by atoms with Gasteiger partial charge in [0.2, 0.25) is 0 Å². The fourth-order valence-electron chi connectivity index (χ4n) is 5.17. The number of likely N-dealkylation sites (N-methyl/N-ethyl adjacent to an activating group) is 1. The zero-order valence-corrected chi connectivity index (χ0v) is 21.4. The third-order valence-electron chi connectivity index (χ3n) is 7.31. The molecule has 10 heteroatoms. The number of anilines is 1. The zero-order chi connectivity index (χ0) is 26.9. The molecule has 0 radical (unpaired) electrons. The van der Waals surface area contributed by atoms with Crippen molar-refractivity contribution in [1.29, 1.82) is 0 Å². The van der Waals surface area contributed by atoms with Gasteiger partial charge in [0, 0.05) is 68.5 Å². The summed E-state index contributed by atoms with van der Waals surface area (Å²) in [6.45, 7) is 6.55. The van der Waals surface area contributed by atoms with Crippen molar-refractivity contribution in [3.05, 3.63) is 88.5 Å². The summed E-state index contributed by atoms with van der Waals surface area (Å²) in [5.74, 6) is -0.220. The molecular weight excluding hydrogens is 493 g/mol. The molecule has 0 bridgehead atoms. The van der Waals surface area contributed by atoms with Crippen LogP contribution in [0.1, 0.15) is 57.1 Å². The number of piperazine rings is 1. The van der Waals surface area contributed by atoms with Gasteiger partial charge in [-0.25, -0.2) is 9.97 Å². The van der Waals surface area contributed by atoms with Crippen molar-refractivity contribution in [2.75, 3.05) is 45.1 Å². The van der Waals surface area contributed by atoms with Crippen molar-refractivity contribution >= 4 is 11.6 Å². The summed E-state index contributed by atoms with van der Waals surface area (Å²) in [7, 11) is 2.03. The Morgan fingerprint density at radius 1 is 1.05 bits per heavy atom. The van der Waals surface area contributed by atoms with Crippen molar-refractivity contribution in [3.8, 4) is 0 Å². The molecular formula is C28H31F3N6O. The number of rotatable bonds is 5. The van der Waals surface area contributed by atoms with E-state index in [0.717, 1.165) is 55.5 Å². The summed E-state index contributed by atoms with van der Waals surface area (Å²) in [6, 6.07) is 9.09. The second-order valence-electron chi connectivity index (χ2n) is 10.2. The SMILES string of the molecule is CC1CN[C@@H](c2cncnc2)c2cc(C(=O)Nc3cc(CN4CCN(C)CC4)cc(C(F)(F)F)c3)ccc21. The number of hydrogen-bond donors (Lipinski definition) is 2. The van der Waals surface area contributed by atoms with Gasteiger partial charge in [0.25, 0.3) is 5.91 Å². The van der Waals surface area contributed by atoms with Gasteiger partial charge in [0.15, 0.2) is 0 Å². The summed E-state index contributed by atoms with van der Waals surface area (Å²) in [4.78, 5) is 25.8. The molecule has 2 N–H and O–H groups in total. The molecule has 3 aromatic rings. The first kappa shape index (κ1) is 26.3. The summed E-state index contributed by atoms with van der Waals surface area (Å²) in [5.41, 5.74) is 3.18. The van der Waals surface area contributed by atoms with Crippen LogP contribution in [0.5, 0.6) is 0 Å². The monoisotopic (exact) mass is 524 g/mol. The van der Waals surface area contributed by atoms with E-state index in [1.165, 1.54) is 12.4 Å². The molecule has 0 aliphatic carbocycles. The highest BCUT2D eigenvalue weighted by Crippen LogP contribution is 2.35. The minimum absolute atomic E-state index is 0.131. The second-order valence-corrected chi connectivity index (χ2v) is 10.2. The standard InChI is InChI=1S/C28H31F3N6O/c1-18-13-34-26(21-14-32-17-33-15-21)25-11-20(3-4-24(18)25)27(38)35-23-10-19(9-22(12-23)28(29,30)31)16-37-7-5-36(2)6-8-37/h3-4,9-12,14-15,17-18,26,34H,5-8,13,16H2,1-2H3,(H,35,38)/t18?,26-/m0/s1. The first-order chi connectivity index (χ1) is 18.2. The van der Waals surface area contributed by atoms with Gasteiger partial charge in [-0.3, -0.25) is 9.69 Å². The zero-order valence-electron chi connectivity index (χ0n) is 21.4. The van der Waals surface area contributed by atoms with E-state index >= 15 is 0 Å². The van der Waals surface area contributed by atoms with E-state index < -0.39 is 17.6 Å². The Balaban J connectivity index is 1.41. The number of carbonyl (C=O) groups excluding carboxylic acids is 1. The predicted octanol–water partition coefficient (Wildman–Crippen LogP) is 4.29. The Kier molecular flexibility index (Phi) is 7.47. The number of carbonyl (C=O) groups is 1. The van der Waals surface area contributed by atoms with Crippen LogP contribution in [0.4, 0.5) is 18.9 Å². The molecule has 1 saturated heterocycles. The highest BCUT2D eigenvalue weighted by atomic mass is 19.4. The molecule has 200 valence electrons. The normalized spacial score (nSPS) is 20.7. The smallest absolute Gasteiger partial charge is 0.322 e. The van der Waals surface area contributed by atoms with Gasteiger partial charge >= 0.3 is 6.18 Å². The fourth-order valence-corrected chi connectivity index (χ4v) is 5.17. The van der Waals surface area contributed by atoms with Crippen molar-refractivity contribution in [2.24, 2.45) is 0 Å². The van der Waals surface area contributed by atoms with Crippen LogP contribution in [0.15, 0.2) is 55.1 Å². The van der Waals surface area contributed by atoms with Crippen LogP contribution in [0.25, 0.3) is 0 Å². The van der Waals surface area contributed by atoms with E-state index in [9.17, 15) is 18.0 Å². The maximum atomic E-state index is 13.7. The van der Waals surface area contributed by atoms with Gasteiger partial charge in [-0.1, -0.05) is 13.0 Å². The van der Waals surface area contributed by atoms with Gasteiger partial charge in [-0.15, -0.1) is 0 Å². The third-order valence-corrected chi connectivity index (χ3v) is 7.31. The number of benzene rings is 2. The minimum atomic E-state index is -4.52. The quantitative estimate of drug-likeness (QED) is 0.519. The van der Waals surface area contributed by atoms with Crippen molar-refractivity contribution in [1.82, 2.24) is 25.1 Å². The predicted molar refractivity (Wildman–Crippen MR) is 139 cm³/mol. The van der Waals surface area contributed by atoms with Gasteiger partial charge in [-0.05, 0) is 60.0 Å². The van der Waals surface area contributed by atoms with Crippen molar-refractivity contribution in [3.63, 3.8) is 0 Å². The van der Waals surface area contributed by atoms with E-state index in [-0.39, 0.29) is 17.6 Å². The fraction of sp³-hybridized carbons (Fsp3) is 0.393. The van der Waals surface area contributed by atoms with Crippen LogP contribution in [0.3, 0.4) is 0 Å². The summed E-state index contributed by atoms with van der Waals surface area (Å²) >= 11 is 0. The number of alkyl halides is 3. The molecule has 1 fully saturated rings. The molecule has 2 atom stereocenters. The van der Waals surface area contributed by atoms with E-state index in [0.29, 0.717) is 17.7 Å². The van der Waals surface area contributed by atoms with E-state index in [1.54, 1.807) is 24.5 Å². The average Bonchev–Trinajstić information content (AvgIpc) is 2.90. The summed E-state index contributed by atoms with van der Waals surface area (Å²) in [6.07, 6.45) is 0.423. The number of hydrogen-bond acceptors (Lipinski definition) is 6. The van der Waals surface area contributed by atoms with Gasteiger partial charge in [-0.2, -0.15) is 13.2 Å². The summed E-state index contributed by atoms with van der Waals surface area (Å²) in [5, 5.41) is 6.20. The van der Waals surface area contributed by atoms with E-state index in [4.69, 9.17) is 0 Å². The van der Waals surface area contributed by atoms with Gasteiger partial charge in [0.05, 0.1) is 11.6 Å². The molecule has 1 amide bonds. The maximum absolute atomic E-state index is 13.7. The highest BCUT2D eigenvalue weighted by molar-refractivity contribution is 6.04. The molecule has 0 saturated carbocycles. The van der Waals surface area contributed by atoms with Crippen LogP contribution < -0.4 is 10.6 Å². The lowest BCUT2D eigenvalue weighted by Crippen LogP contribution is -2.43. The van der Waals surface area contributed by atoms with E-state index in [2.05, 4.69) is 37.3 Å². The number of halogens is 3. The largest absolute Gasteiger partial charge is 0.416 e. The van der Waals surface area contributed by atoms with Gasteiger partial charge < -0.3 is 15.5 Å². The van der Waals surface area contributed by atoms with Crippen LogP contribution in [-0.4, -0.2) is 65.4 Å². The van der Waals surface area contributed by atoms with Crippen molar-refractivity contribution < 1.29 is 18.0 Å².